The van der Waals surface area contributed by atoms with Gasteiger partial charge in [0.15, 0.2) is 0 Å². The van der Waals surface area contributed by atoms with Crippen molar-refractivity contribution in [3.8, 4) is 0 Å². The summed E-state index contributed by atoms with van der Waals surface area (Å²) in [5, 5.41) is 4.41. The molecule has 0 aliphatic carbocycles. The predicted molar refractivity (Wildman–Crippen MR) is 132 cm³/mol. The summed E-state index contributed by atoms with van der Waals surface area (Å²) in [6.45, 7) is 5.38. The van der Waals surface area contributed by atoms with Crippen LogP contribution in [0.25, 0.3) is 21.8 Å². The monoisotopic (exact) mass is 473 g/mol. The van der Waals surface area contributed by atoms with Crippen LogP contribution in [0.5, 0.6) is 0 Å². The average molecular weight is 474 g/mol. The Kier molecular flexibility index (Phi) is 6.55. The maximum atomic E-state index is 13.0. The van der Waals surface area contributed by atoms with Crippen LogP contribution in [0.1, 0.15) is 36.8 Å². The molecule has 0 aliphatic heterocycles. The number of nitrogens with zero attached hydrogens (tertiary/aromatic N) is 2. The van der Waals surface area contributed by atoms with Crippen LogP contribution >= 0.6 is 0 Å². The van der Waals surface area contributed by atoms with Gasteiger partial charge in [-0.3, -0.25) is 9.36 Å². The molecule has 0 saturated carbocycles. The molecule has 0 fully saturated rings. The van der Waals surface area contributed by atoms with E-state index in [9.17, 15) is 14.4 Å². The summed E-state index contributed by atoms with van der Waals surface area (Å²) in [5.74, 6) is -1.10. The van der Waals surface area contributed by atoms with E-state index in [-0.39, 0.29) is 12.1 Å². The molecule has 35 heavy (non-hydrogen) atoms. The Morgan fingerprint density at radius 2 is 1.71 bits per heavy atom. The molecule has 2 heterocycles. The number of nitrogens with one attached hydrogen (secondary N) is 1. The highest BCUT2D eigenvalue weighted by molar-refractivity contribution is 5.98. The molecule has 0 saturated heterocycles. The molecule has 0 spiro atoms. The van der Waals surface area contributed by atoms with Gasteiger partial charge in [-0.05, 0) is 44.5 Å². The van der Waals surface area contributed by atoms with Gasteiger partial charge in [0.05, 0.1) is 18.1 Å². The molecular weight excluding hydrogens is 446 g/mol. The minimum atomic E-state index is -0.987. The van der Waals surface area contributed by atoms with E-state index in [1.165, 1.54) is 11.7 Å². The van der Waals surface area contributed by atoms with Crippen LogP contribution in [0.3, 0.4) is 0 Å². The molecule has 0 radical (unpaired) electrons. The number of pyridine rings is 1. The zero-order chi connectivity index (χ0) is 25.2. The van der Waals surface area contributed by atoms with Crippen LogP contribution < -0.4 is 5.32 Å². The van der Waals surface area contributed by atoms with Crippen molar-refractivity contribution in [1.82, 2.24) is 14.9 Å². The number of methoxy groups -OCH3 is 1. The Labute approximate surface area is 202 Å². The minimum absolute atomic E-state index is 0.113. The summed E-state index contributed by atoms with van der Waals surface area (Å²) >= 11 is 0. The van der Waals surface area contributed by atoms with Crippen LogP contribution in [-0.4, -0.2) is 46.3 Å². The number of carbonyl (C=O) groups excluding carboxylic acids is 3. The van der Waals surface area contributed by atoms with E-state index in [2.05, 4.69) is 10.3 Å². The topological polar surface area (TPSA) is 99.5 Å². The number of benzene rings is 2. The zero-order valence-electron chi connectivity index (χ0n) is 20.1. The lowest BCUT2D eigenvalue weighted by atomic mass is 10.0. The van der Waals surface area contributed by atoms with Gasteiger partial charge >= 0.3 is 12.1 Å². The van der Waals surface area contributed by atoms with Crippen molar-refractivity contribution >= 4 is 39.8 Å². The molecule has 4 aromatic rings. The van der Waals surface area contributed by atoms with Crippen molar-refractivity contribution in [3.63, 3.8) is 0 Å². The summed E-state index contributed by atoms with van der Waals surface area (Å²) in [6, 6.07) is 17.2. The van der Waals surface area contributed by atoms with Crippen LogP contribution in [0.15, 0.2) is 66.9 Å². The molecule has 0 aliphatic rings. The molecule has 0 unspecified atom stereocenters. The summed E-state index contributed by atoms with van der Waals surface area (Å²) in [4.78, 5) is 42.8. The van der Waals surface area contributed by atoms with Crippen molar-refractivity contribution < 1.29 is 23.9 Å². The van der Waals surface area contributed by atoms with Crippen molar-refractivity contribution in [2.75, 3.05) is 7.11 Å². The number of fused-ring (bicyclic) bond motifs is 2. The number of hydrogen-bond acceptors (Lipinski definition) is 6. The Balaban J connectivity index is 1.63. The van der Waals surface area contributed by atoms with Crippen molar-refractivity contribution in [2.24, 2.45) is 0 Å². The fourth-order valence-corrected chi connectivity index (χ4v) is 3.86. The minimum Gasteiger partial charge on any atom is -0.467 e. The standard InChI is InChI=1S/C27H27N3O5/c1-27(2,3)35-26(33)30-16-18(19-10-6-8-12-23(19)30)15-22(25(32)34-4)29-24(31)21-14-13-17-9-5-7-11-20(17)28-21/h5-14,16,22H,15H2,1-4H3,(H,29,31)/t22-/m0/s1. The third kappa shape index (κ3) is 5.32. The number of hydrogen-bond donors (Lipinski definition) is 1. The lowest BCUT2D eigenvalue weighted by Crippen LogP contribution is -2.43. The number of ether oxygens (including phenoxy) is 2. The summed E-state index contributed by atoms with van der Waals surface area (Å²) in [7, 11) is 1.26. The van der Waals surface area contributed by atoms with Gasteiger partial charge in [0.2, 0.25) is 0 Å². The molecule has 180 valence electrons. The maximum Gasteiger partial charge on any atom is 0.419 e. The van der Waals surface area contributed by atoms with E-state index in [0.717, 1.165) is 10.8 Å². The lowest BCUT2D eigenvalue weighted by molar-refractivity contribution is -0.142. The molecule has 0 bridgehead atoms. The lowest BCUT2D eigenvalue weighted by Gasteiger charge is -2.19. The second-order valence-electron chi connectivity index (χ2n) is 9.16. The Hall–Kier alpha value is -4.20. The smallest absolute Gasteiger partial charge is 0.419 e. The van der Waals surface area contributed by atoms with E-state index >= 15 is 0 Å². The molecule has 1 amide bonds. The van der Waals surface area contributed by atoms with Gasteiger partial charge in [-0.2, -0.15) is 0 Å². The Bertz CT molecular complexity index is 1420. The molecule has 4 rings (SSSR count). The summed E-state index contributed by atoms with van der Waals surface area (Å²) in [6.07, 6.45) is 1.22. The van der Waals surface area contributed by atoms with Crippen molar-refractivity contribution in [2.45, 2.75) is 38.8 Å². The highest BCUT2D eigenvalue weighted by Crippen LogP contribution is 2.24. The molecule has 8 heteroatoms. The zero-order valence-corrected chi connectivity index (χ0v) is 20.1. The average Bonchev–Trinajstić information content (AvgIpc) is 3.20. The molecule has 1 atom stereocenters. The Morgan fingerprint density at radius 3 is 2.46 bits per heavy atom. The number of rotatable bonds is 5. The third-order valence-corrected chi connectivity index (χ3v) is 5.43. The first-order valence-electron chi connectivity index (χ1n) is 11.2. The molecule has 2 aromatic heterocycles. The van der Waals surface area contributed by atoms with E-state index in [0.29, 0.717) is 16.6 Å². The second-order valence-corrected chi connectivity index (χ2v) is 9.16. The molecule has 1 N–H and O–H groups in total. The van der Waals surface area contributed by atoms with Gasteiger partial charge in [0.25, 0.3) is 5.91 Å². The second kappa shape index (κ2) is 9.58. The van der Waals surface area contributed by atoms with Crippen molar-refractivity contribution in [1.29, 1.82) is 0 Å². The van der Waals surface area contributed by atoms with E-state index in [1.807, 2.05) is 42.5 Å². The Morgan fingerprint density at radius 1 is 1.00 bits per heavy atom. The number of esters is 1. The highest BCUT2D eigenvalue weighted by Gasteiger charge is 2.27. The largest absolute Gasteiger partial charge is 0.467 e. The van der Waals surface area contributed by atoms with E-state index in [1.54, 1.807) is 45.2 Å². The van der Waals surface area contributed by atoms with Gasteiger partial charge in [-0.1, -0.05) is 42.5 Å². The number of carbonyl (C=O) groups is 3. The van der Waals surface area contributed by atoms with Gasteiger partial charge in [0.1, 0.15) is 17.3 Å². The van der Waals surface area contributed by atoms with Crippen LogP contribution in [0.2, 0.25) is 0 Å². The molecule has 8 nitrogen and oxygen atoms in total. The van der Waals surface area contributed by atoms with Gasteiger partial charge in [-0.25, -0.2) is 14.6 Å². The number of para-hydroxylation sites is 2. The fraction of sp³-hybridized carbons (Fsp3) is 0.259. The fourth-order valence-electron chi connectivity index (χ4n) is 3.86. The van der Waals surface area contributed by atoms with Crippen molar-refractivity contribution in [3.05, 3.63) is 78.1 Å². The SMILES string of the molecule is COC(=O)[C@H](Cc1cn(C(=O)OC(C)(C)C)c2ccccc12)NC(=O)c1ccc2ccccc2n1. The number of amides is 1. The maximum absolute atomic E-state index is 13.0. The summed E-state index contributed by atoms with van der Waals surface area (Å²) < 4.78 is 11.9. The quantitative estimate of drug-likeness (QED) is 0.429. The third-order valence-electron chi connectivity index (χ3n) is 5.43. The van der Waals surface area contributed by atoms with Crippen LogP contribution in [0, 0.1) is 0 Å². The van der Waals surface area contributed by atoms with Crippen LogP contribution in [0.4, 0.5) is 4.79 Å². The molecule has 2 aromatic carbocycles. The van der Waals surface area contributed by atoms with Gasteiger partial charge in [0, 0.05) is 23.4 Å². The van der Waals surface area contributed by atoms with E-state index in [4.69, 9.17) is 9.47 Å². The van der Waals surface area contributed by atoms with Gasteiger partial charge in [-0.15, -0.1) is 0 Å². The normalized spacial score (nSPS) is 12.3. The first-order chi connectivity index (χ1) is 16.7. The van der Waals surface area contributed by atoms with Crippen LogP contribution in [-0.2, 0) is 20.7 Å². The summed E-state index contributed by atoms with van der Waals surface area (Å²) in [5.41, 5.74) is 1.53. The van der Waals surface area contributed by atoms with E-state index < -0.39 is 29.6 Å². The predicted octanol–water partition coefficient (Wildman–Crippen LogP) is 4.49. The van der Waals surface area contributed by atoms with Gasteiger partial charge < -0.3 is 14.8 Å². The molecular formula is C27H27N3O5. The highest BCUT2D eigenvalue weighted by atomic mass is 16.6. The first kappa shape index (κ1) is 23.9. The first-order valence-corrected chi connectivity index (χ1v) is 11.2. The number of aromatic nitrogens is 2.